The molecular weight excluding hydrogens is 284 g/mol. The number of amides is 1. The number of nitro benzene ring substituents is 1. The summed E-state index contributed by atoms with van der Waals surface area (Å²) in [4.78, 5) is 22.2. The molecule has 114 valence electrons. The van der Waals surface area contributed by atoms with Crippen LogP contribution in [-0.4, -0.2) is 15.9 Å². The quantitative estimate of drug-likeness (QED) is 0.656. The minimum Gasteiger partial charge on any atom is -0.385 e. The van der Waals surface area contributed by atoms with E-state index in [0.29, 0.717) is 11.3 Å². The maximum Gasteiger partial charge on any atom is 0.271 e. The Balaban J connectivity index is 2.07. The van der Waals surface area contributed by atoms with Gasteiger partial charge in [0, 0.05) is 17.8 Å². The number of benzene rings is 2. The monoisotopic (exact) mass is 300 g/mol. The number of nitrogens with zero attached hydrogens (tertiary/aromatic N) is 1. The van der Waals surface area contributed by atoms with Crippen LogP contribution in [0.4, 0.5) is 11.4 Å². The van der Waals surface area contributed by atoms with E-state index in [9.17, 15) is 20.0 Å². The predicted molar refractivity (Wildman–Crippen MR) is 82.4 cm³/mol. The van der Waals surface area contributed by atoms with Crippen LogP contribution < -0.4 is 5.32 Å². The molecule has 0 aliphatic rings. The molecule has 0 aliphatic heterocycles. The van der Waals surface area contributed by atoms with Crippen molar-refractivity contribution in [2.24, 2.45) is 0 Å². The van der Waals surface area contributed by atoms with Gasteiger partial charge in [0.1, 0.15) is 0 Å². The molecule has 0 aliphatic carbocycles. The number of non-ortho nitro benzene ring substituents is 1. The molecule has 1 atom stereocenters. The summed E-state index contributed by atoms with van der Waals surface area (Å²) in [6, 6.07) is 14.5. The molecule has 2 rings (SSSR count). The molecule has 6 heteroatoms. The largest absolute Gasteiger partial charge is 0.385 e. The van der Waals surface area contributed by atoms with Crippen molar-refractivity contribution in [3.05, 3.63) is 70.3 Å². The molecule has 2 aromatic carbocycles. The van der Waals surface area contributed by atoms with Gasteiger partial charge in [0.05, 0.1) is 16.9 Å². The van der Waals surface area contributed by atoms with Gasteiger partial charge < -0.3 is 10.4 Å². The predicted octanol–water partition coefficient (Wildman–Crippen LogP) is 2.83. The smallest absolute Gasteiger partial charge is 0.271 e. The Bertz CT molecular complexity index is 684. The van der Waals surface area contributed by atoms with Crippen molar-refractivity contribution in [3.63, 3.8) is 0 Å². The maximum atomic E-state index is 12.0. The van der Waals surface area contributed by atoms with Crippen LogP contribution in [0.3, 0.4) is 0 Å². The molecule has 0 spiro atoms. The Labute approximate surface area is 127 Å². The normalized spacial score (nSPS) is 13.2. The van der Waals surface area contributed by atoms with Crippen molar-refractivity contribution in [1.82, 2.24) is 0 Å². The van der Waals surface area contributed by atoms with Crippen LogP contribution in [-0.2, 0) is 10.4 Å². The van der Waals surface area contributed by atoms with Gasteiger partial charge >= 0.3 is 0 Å². The molecule has 0 aromatic heterocycles. The van der Waals surface area contributed by atoms with Crippen molar-refractivity contribution in [2.75, 3.05) is 5.32 Å². The zero-order valence-corrected chi connectivity index (χ0v) is 12.0. The standard InChI is InChI=1S/C16H16N2O4/c1-16(20,12-6-3-2-4-7-12)11-15(19)17-13-8-5-9-14(10-13)18(21)22/h2-10,20H,11H2,1H3,(H,17,19). The Morgan fingerprint density at radius 2 is 1.91 bits per heavy atom. The second-order valence-corrected chi connectivity index (χ2v) is 5.17. The first-order valence-corrected chi connectivity index (χ1v) is 6.71. The van der Waals surface area contributed by atoms with Crippen LogP contribution >= 0.6 is 0 Å². The fourth-order valence-corrected chi connectivity index (χ4v) is 2.11. The Morgan fingerprint density at radius 1 is 1.23 bits per heavy atom. The maximum absolute atomic E-state index is 12.0. The molecule has 0 bridgehead atoms. The molecule has 0 fully saturated rings. The molecule has 0 saturated carbocycles. The van der Waals surface area contributed by atoms with E-state index in [2.05, 4.69) is 5.32 Å². The number of hydrogen-bond donors (Lipinski definition) is 2. The third-order valence-corrected chi connectivity index (χ3v) is 3.24. The summed E-state index contributed by atoms with van der Waals surface area (Å²) in [5, 5.41) is 23.7. The molecule has 1 amide bonds. The van der Waals surface area contributed by atoms with E-state index in [-0.39, 0.29) is 12.1 Å². The lowest BCUT2D eigenvalue weighted by molar-refractivity contribution is -0.384. The van der Waals surface area contributed by atoms with E-state index in [1.165, 1.54) is 18.2 Å². The van der Waals surface area contributed by atoms with Gasteiger partial charge in [-0.1, -0.05) is 36.4 Å². The number of anilines is 1. The summed E-state index contributed by atoms with van der Waals surface area (Å²) in [6.45, 7) is 1.55. The number of carbonyl (C=O) groups excluding carboxylic acids is 1. The van der Waals surface area contributed by atoms with Crippen LogP contribution in [0.2, 0.25) is 0 Å². The Hall–Kier alpha value is -2.73. The van der Waals surface area contributed by atoms with Gasteiger partial charge in [0.2, 0.25) is 5.91 Å². The Kier molecular flexibility index (Phi) is 4.53. The third kappa shape index (κ3) is 3.89. The molecular formula is C16H16N2O4. The van der Waals surface area contributed by atoms with Gasteiger partial charge in [-0.3, -0.25) is 14.9 Å². The number of hydrogen-bond acceptors (Lipinski definition) is 4. The van der Waals surface area contributed by atoms with E-state index in [0.717, 1.165) is 0 Å². The van der Waals surface area contributed by atoms with Crippen LogP contribution in [0, 0.1) is 10.1 Å². The summed E-state index contributed by atoms with van der Waals surface area (Å²) in [5.74, 6) is -0.422. The molecule has 2 aromatic rings. The lowest BCUT2D eigenvalue weighted by atomic mass is 9.92. The lowest BCUT2D eigenvalue weighted by Gasteiger charge is -2.23. The highest BCUT2D eigenvalue weighted by molar-refractivity contribution is 5.91. The van der Waals surface area contributed by atoms with E-state index in [4.69, 9.17) is 0 Å². The summed E-state index contributed by atoms with van der Waals surface area (Å²) >= 11 is 0. The van der Waals surface area contributed by atoms with Gasteiger partial charge in [0.25, 0.3) is 5.69 Å². The van der Waals surface area contributed by atoms with Gasteiger partial charge in [-0.05, 0) is 18.6 Å². The van der Waals surface area contributed by atoms with Crippen LogP contribution in [0.1, 0.15) is 18.9 Å². The van der Waals surface area contributed by atoms with Gasteiger partial charge in [-0.25, -0.2) is 0 Å². The average Bonchev–Trinajstić information content (AvgIpc) is 2.47. The minimum absolute atomic E-state index is 0.104. The van der Waals surface area contributed by atoms with E-state index in [1.807, 2.05) is 6.07 Å². The number of carbonyl (C=O) groups is 1. The van der Waals surface area contributed by atoms with Crippen molar-refractivity contribution < 1.29 is 14.8 Å². The molecule has 1 unspecified atom stereocenters. The van der Waals surface area contributed by atoms with Crippen molar-refractivity contribution >= 4 is 17.3 Å². The SMILES string of the molecule is CC(O)(CC(=O)Nc1cccc([N+](=O)[O-])c1)c1ccccc1. The van der Waals surface area contributed by atoms with Crippen molar-refractivity contribution in [1.29, 1.82) is 0 Å². The van der Waals surface area contributed by atoms with Crippen molar-refractivity contribution in [2.45, 2.75) is 18.9 Å². The molecule has 2 N–H and O–H groups in total. The highest BCUT2D eigenvalue weighted by Gasteiger charge is 2.26. The Morgan fingerprint density at radius 3 is 2.55 bits per heavy atom. The minimum atomic E-state index is -1.31. The molecule has 6 nitrogen and oxygen atoms in total. The fraction of sp³-hybridized carbons (Fsp3) is 0.188. The number of nitro groups is 1. The summed E-state index contributed by atoms with van der Waals surface area (Å²) in [5.41, 5.74) is -0.466. The number of rotatable bonds is 5. The van der Waals surface area contributed by atoms with Crippen LogP contribution in [0.25, 0.3) is 0 Å². The summed E-state index contributed by atoms with van der Waals surface area (Å²) in [6.07, 6.45) is -0.153. The van der Waals surface area contributed by atoms with Gasteiger partial charge in [-0.15, -0.1) is 0 Å². The van der Waals surface area contributed by atoms with E-state index >= 15 is 0 Å². The van der Waals surface area contributed by atoms with Crippen LogP contribution in [0.5, 0.6) is 0 Å². The lowest BCUT2D eigenvalue weighted by Crippen LogP contribution is -2.28. The fourth-order valence-electron chi connectivity index (χ4n) is 2.11. The molecule has 0 radical (unpaired) electrons. The molecule has 0 heterocycles. The average molecular weight is 300 g/mol. The second kappa shape index (κ2) is 6.36. The number of aliphatic hydroxyl groups is 1. The van der Waals surface area contributed by atoms with E-state index < -0.39 is 16.4 Å². The summed E-state index contributed by atoms with van der Waals surface area (Å²) < 4.78 is 0. The zero-order valence-electron chi connectivity index (χ0n) is 12.0. The first-order valence-electron chi connectivity index (χ1n) is 6.71. The van der Waals surface area contributed by atoms with E-state index in [1.54, 1.807) is 37.3 Å². The first-order chi connectivity index (χ1) is 10.4. The second-order valence-electron chi connectivity index (χ2n) is 5.17. The van der Waals surface area contributed by atoms with Gasteiger partial charge in [-0.2, -0.15) is 0 Å². The van der Waals surface area contributed by atoms with Crippen LogP contribution in [0.15, 0.2) is 54.6 Å². The summed E-state index contributed by atoms with van der Waals surface area (Å²) in [7, 11) is 0. The number of nitrogens with one attached hydrogen (secondary N) is 1. The highest BCUT2D eigenvalue weighted by atomic mass is 16.6. The van der Waals surface area contributed by atoms with Gasteiger partial charge in [0.15, 0.2) is 0 Å². The first kappa shape index (κ1) is 15.7. The highest BCUT2D eigenvalue weighted by Crippen LogP contribution is 2.25. The molecule has 0 saturated heterocycles. The molecule has 22 heavy (non-hydrogen) atoms. The third-order valence-electron chi connectivity index (χ3n) is 3.24. The zero-order chi connectivity index (χ0) is 16.2. The van der Waals surface area contributed by atoms with Crippen molar-refractivity contribution in [3.8, 4) is 0 Å². The topological polar surface area (TPSA) is 92.5 Å².